The number of nitrogens with one attached hydrogen (secondary N) is 1. The molecule has 4 aromatic rings. The molecule has 0 aliphatic rings. The molecule has 0 aliphatic heterocycles. The van der Waals surface area contributed by atoms with Crippen LogP contribution in [0.15, 0.2) is 79.5 Å². The number of ether oxygens (including phenoxy) is 1. The van der Waals surface area contributed by atoms with Crippen LogP contribution in [0.25, 0.3) is 22.3 Å². The highest BCUT2D eigenvalue weighted by Crippen LogP contribution is 2.27. The molecule has 0 atom stereocenters. The Morgan fingerprint density at radius 3 is 2.28 bits per heavy atom. The van der Waals surface area contributed by atoms with Crippen LogP contribution in [0.3, 0.4) is 0 Å². The van der Waals surface area contributed by atoms with Crippen molar-refractivity contribution in [2.75, 3.05) is 38.1 Å². The number of fused-ring (bicyclic) bond motifs is 1. The Morgan fingerprint density at radius 2 is 1.63 bits per heavy atom. The summed E-state index contributed by atoms with van der Waals surface area (Å²) < 4.78 is 14.5. The molecular weight excluding hydrogens is 560 g/mol. The predicted molar refractivity (Wildman–Crippen MR) is 161 cm³/mol. The number of likely N-dealkylation sites (N-methyl/N-ethyl adjacent to an activating group) is 1. The van der Waals surface area contributed by atoms with Crippen LogP contribution in [-0.4, -0.2) is 69.0 Å². The topological polar surface area (TPSA) is 173 Å². The number of rotatable bonds is 11. The maximum atomic E-state index is 12.9. The van der Waals surface area contributed by atoms with Crippen LogP contribution in [0.5, 0.6) is 5.75 Å². The standard InChI is InChI=1S/C28H32N4O5.C2H2O4/c1-4-32(16-14-29-25-19-26(34)31(3)28(35)30(25)2)15-9-17-36-22-12-8-13-23-27(22)21(33)18-24(37-23)20-10-6-5-7-11-20;3-1(4)2(5)6/h5-8,10-13,18-19,29H,4,9,14-17H2,1-3H3;(H,3,4)(H,5,6). The maximum absolute atomic E-state index is 12.9. The Hall–Kier alpha value is -5.17. The molecule has 0 amide bonds. The van der Waals surface area contributed by atoms with Gasteiger partial charge in [-0.2, -0.15) is 0 Å². The number of nitrogens with zero attached hydrogens (tertiary/aromatic N) is 3. The lowest BCUT2D eigenvalue weighted by Gasteiger charge is -2.21. The van der Waals surface area contributed by atoms with E-state index in [1.165, 1.54) is 23.7 Å². The van der Waals surface area contributed by atoms with Crippen molar-refractivity contribution < 1.29 is 29.0 Å². The number of aromatic nitrogens is 2. The van der Waals surface area contributed by atoms with Gasteiger partial charge in [0.15, 0.2) is 5.43 Å². The zero-order valence-corrected chi connectivity index (χ0v) is 24.1. The van der Waals surface area contributed by atoms with Crippen molar-refractivity contribution in [3.05, 3.63) is 91.7 Å². The van der Waals surface area contributed by atoms with Crippen molar-refractivity contribution in [1.82, 2.24) is 14.0 Å². The van der Waals surface area contributed by atoms with Crippen LogP contribution in [0.4, 0.5) is 5.82 Å². The first-order chi connectivity index (χ1) is 20.5. The molecule has 0 fully saturated rings. The Bertz CT molecular complexity index is 1730. The first kappa shape index (κ1) is 32.3. The second-order valence-corrected chi connectivity index (χ2v) is 9.41. The van der Waals surface area contributed by atoms with Crippen molar-refractivity contribution in [2.45, 2.75) is 13.3 Å². The fourth-order valence-corrected chi connectivity index (χ4v) is 4.19. The quantitative estimate of drug-likeness (QED) is 0.172. The van der Waals surface area contributed by atoms with E-state index >= 15 is 0 Å². The lowest BCUT2D eigenvalue weighted by Crippen LogP contribution is -2.38. The van der Waals surface area contributed by atoms with Gasteiger partial charge < -0.3 is 29.6 Å². The van der Waals surface area contributed by atoms with Gasteiger partial charge in [-0.3, -0.25) is 18.7 Å². The number of hydrogen-bond donors (Lipinski definition) is 3. The highest BCUT2D eigenvalue weighted by molar-refractivity contribution is 6.27. The van der Waals surface area contributed by atoms with E-state index in [0.717, 1.165) is 36.2 Å². The van der Waals surface area contributed by atoms with Crippen molar-refractivity contribution in [1.29, 1.82) is 0 Å². The Morgan fingerprint density at radius 1 is 0.930 bits per heavy atom. The molecular formula is C30H34N4O9. The zero-order chi connectivity index (χ0) is 31.5. The van der Waals surface area contributed by atoms with Gasteiger partial charge in [-0.15, -0.1) is 0 Å². The summed E-state index contributed by atoms with van der Waals surface area (Å²) in [5.41, 5.74) is 0.503. The van der Waals surface area contributed by atoms with Gasteiger partial charge in [0.2, 0.25) is 0 Å². The van der Waals surface area contributed by atoms with E-state index in [1.807, 2.05) is 36.4 Å². The minimum Gasteiger partial charge on any atom is -0.493 e. The van der Waals surface area contributed by atoms with E-state index in [0.29, 0.717) is 41.4 Å². The van der Waals surface area contributed by atoms with Gasteiger partial charge in [0, 0.05) is 51.4 Å². The first-order valence-corrected chi connectivity index (χ1v) is 13.5. The molecule has 13 heteroatoms. The summed E-state index contributed by atoms with van der Waals surface area (Å²) >= 11 is 0. The number of anilines is 1. The third kappa shape index (κ3) is 8.66. The van der Waals surface area contributed by atoms with Crippen LogP contribution >= 0.6 is 0 Å². The number of aliphatic carboxylic acids is 2. The summed E-state index contributed by atoms with van der Waals surface area (Å²) in [5.74, 6) is -2.11. The third-order valence-corrected chi connectivity index (χ3v) is 6.54. The number of carbonyl (C=O) groups is 2. The van der Waals surface area contributed by atoms with Crippen LogP contribution < -0.4 is 26.7 Å². The predicted octanol–water partition coefficient (Wildman–Crippen LogP) is 2.22. The zero-order valence-electron chi connectivity index (χ0n) is 24.1. The Balaban J connectivity index is 0.000000765. The van der Waals surface area contributed by atoms with Gasteiger partial charge in [0.05, 0.1) is 6.61 Å². The van der Waals surface area contributed by atoms with Crippen molar-refractivity contribution >= 4 is 28.7 Å². The highest BCUT2D eigenvalue weighted by atomic mass is 16.5. The first-order valence-electron chi connectivity index (χ1n) is 13.5. The normalized spacial score (nSPS) is 10.7. The summed E-state index contributed by atoms with van der Waals surface area (Å²) in [7, 11) is 3.09. The van der Waals surface area contributed by atoms with E-state index in [-0.39, 0.29) is 16.7 Å². The van der Waals surface area contributed by atoms with E-state index in [9.17, 15) is 14.4 Å². The lowest BCUT2D eigenvalue weighted by atomic mass is 10.1. The summed E-state index contributed by atoms with van der Waals surface area (Å²) in [6, 6.07) is 17.9. The molecule has 2 aromatic heterocycles. The van der Waals surface area contributed by atoms with Gasteiger partial charge in [0.1, 0.15) is 28.3 Å². The number of benzene rings is 2. The molecule has 43 heavy (non-hydrogen) atoms. The van der Waals surface area contributed by atoms with Gasteiger partial charge in [-0.25, -0.2) is 14.4 Å². The molecule has 0 saturated carbocycles. The van der Waals surface area contributed by atoms with Gasteiger partial charge >= 0.3 is 17.6 Å². The third-order valence-electron chi connectivity index (χ3n) is 6.54. The fourth-order valence-electron chi connectivity index (χ4n) is 4.19. The molecule has 0 aliphatic carbocycles. The second-order valence-electron chi connectivity index (χ2n) is 9.41. The van der Waals surface area contributed by atoms with Gasteiger partial charge in [-0.1, -0.05) is 43.3 Å². The summed E-state index contributed by atoms with van der Waals surface area (Å²) in [6.45, 7) is 5.49. The molecule has 13 nitrogen and oxygen atoms in total. The summed E-state index contributed by atoms with van der Waals surface area (Å²) in [6.07, 6.45) is 0.766. The monoisotopic (exact) mass is 594 g/mol. The van der Waals surface area contributed by atoms with Crippen LogP contribution in [-0.2, 0) is 23.7 Å². The van der Waals surface area contributed by atoms with Crippen molar-refractivity contribution in [3.8, 4) is 17.1 Å². The Labute approximate surface area is 246 Å². The fraction of sp³-hybridized carbons (Fsp3) is 0.300. The van der Waals surface area contributed by atoms with E-state index in [4.69, 9.17) is 29.0 Å². The minimum absolute atomic E-state index is 0.137. The summed E-state index contributed by atoms with van der Waals surface area (Å²) in [5, 5.41) is 18.4. The number of hydrogen-bond acceptors (Lipinski definition) is 9. The number of carboxylic acids is 2. The lowest BCUT2D eigenvalue weighted by molar-refractivity contribution is -0.159. The molecule has 0 saturated heterocycles. The molecule has 3 N–H and O–H groups in total. The average Bonchev–Trinajstić information content (AvgIpc) is 3.00. The average molecular weight is 595 g/mol. The van der Waals surface area contributed by atoms with Crippen LogP contribution in [0, 0.1) is 0 Å². The molecule has 2 heterocycles. The smallest absolute Gasteiger partial charge is 0.414 e. The molecule has 4 rings (SSSR count). The molecule has 2 aromatic carbocycles. The van der Waals surface area contributed by atoms with E-state index < -0.39 is 11.9 Å². The van der Waals surface area contributed by atoms with Crippen molar-refractivity contribution in [3.63, 3.8) is 0 Å². The number of carboxylic acid groups (broad SMARTS) is 2. The van der Waals surface area contributed by atoms with Crippen LogP contribution in [0.2, 0.25) is 0 Å². The molecule has 0 radical (unpaired) electrons. The SMILES string of the molecule is CCN(CCCOc1cccc2oc(-c3ccccc3)cc(=O)c12)CCNc1cc(=O)n(C)c(=O)n1C.O=C(O)C(=O)O. The molecule has 0 unspecified atom stereocenters. The molecule has 228 valence electrons. The van der Waals surface area contributed by atoms with E-state index in [1.54, 1.807) is 19.2 Å². The van der Waals surface area contributed by atoms with Crippen molar-refractivity contribution in [2.24, 2.45) is 14.1 Å². The highest BCUT2D eigenvalue weighted by Gasteiger charge is 2.12. The minimum atomic E-state index is -1.82. The van der Waals surface area contributed by atoms with Gasteiger partial charge in [0.25, 0.3) is 5.56 Å². The largest absolute Gasteiger partial charge is 0.493 e. The molecule has 0 spiro atoms. The maximum Gasteiger partial charge on any atom is 0.414 e. The van der Waals surface area contributed by atoms with Gasteiger partial charge in [-0.05, 0) is 25.1 Å². The second kappa shape index (κ2) is 15.2. The summed E-state index contributed by atoms with van der Waals surface area (Å²) in [4.78, 5) is 57.3. The van der Waals surface area contributed by atoms with E-state index in [2.05, 4.69) is 17.1 Å². The van der Waals surface area contributed by atoms with Crippen LogP contribution in [0.1, 0.15) is 13.3 Å². The Kier molecular flexibility index (Phi) is 11.4. The molecule has 0 bridgehead atoms.